The second-order valence-electron chi connectivity index (χ2n) is 8.47. The van der Waals surface area contributed by atoms with Crippen molar-refractivity contribution in [2.45, 2.75) is 29.6 Å². The van der Waals surface area contributed by atoms with Crippen molar-refractivity contribution in [1.82, 2.24) is 8.61 Å². The second kappa shape index (κ2) is 10.5. The van der Waals surface area contributed by atoms with E-state index in [1.165, 1.54) is 63.0 Å². The largest absolute Gasteiger partial charge is 0.493 e. The van der Waals surface area contributed by atoms with E-state index in [2.05, 4.69) is 5.32 Å². The van der Waals surface area contributed by atoms with Crippen LogP contribution < -0.4 is 14.8 Å². The maximum absolute atomic E-state index is 13.3. The topological polar surface area (TPSA) is 122 Å². The Morgan fingerprint density at radius 2 is 1.66 bits per heavy atom. The highest BCUT2D eigenvalue weighted by Crippen LogP contribution is 2.32. The number of amides is 1. The van der Waals surface area contributed by atoms with Gasteiger partial charge < -0.3 is 14.8 Å². The maximum atomic E-state index is 13.3. The van der Waals surface area contributed by atoms with E-state index in [0.29, 0.717) is 35.6 Å². The van der Waals surface area contributed by atoms with Gasteiger partial charge in [-0.2, -0.15) is 4.31 Å². The van der Waals surface area contributed by atoms with Crippen LogP contribution in [0, 0.1) is 12.8 Å². The van der Waals surface area contributed by atoms with Crippen molar-refractivity contribution in [1.29, 1.82) is 0 Å². The molecule has 1 amide bonds. The first-order valence-corrected chi connectivity index (χ1v) is 13.9. The van der Waals surface area contributed by atoms with Gasteiger partial charge in [-0.1, -0.05) is 6.07 Å². The van der Waals surface area contributed by atoms with E-state index in [1.807, 2.05) is 0 Å². The molecule has 2 aromatic rings. The van der Waals surface area contributed by atoms with E-state index in [9.17, 15) is 21.6 Å². The van der Waals surface area contributed by atoms with Crippen molar-refractivity contribution in [3.05, 3.63) is 42.0 Å². The van der Waals surface area contributed by atoms with Gasteiger partial charge >= 0.3 is 0 Å². The molecule has 0 aromatic heterocycles. The average Bonchev–Trinajstić information content (AvgIpc) is 2.84. The first-order valence-electron chi connectivity index (χ1n) is 11.0. The number of hydrogen-bond acceptors (Lipinski definition) is 7. The summed E-state index contributed by atoms with van der Waals surface area (Å²) in [5, 5.41) is 2.80. The molecule has 0 bridgehead atoms. The van der Waals surface area contributed by atoms with Crippen LogP contribution in [0.25, 0.3) is 0 Å². The number of rotatable bonds is 8. The SMILES string of the molecule is COc1ccc(S(=O)(=O)N2CCC[C@@H](C(=O)Nc3cc(S(=O)(=O)N(C)C)ccc3C)C2)cc1OC. The number of nitrogens with zero attached hydrogens (tertiary/aromatic N) is 2. The average molecular weight is 526 g/mol. The molecular formula is C23H31N3O7S2. The zero-order valence-electron chi connectivity index (χ0n) is 20.4. The van der Waals surface area contributed by atoms with Crippen molar-refractivity contribution in [3.63, 3.8) is 0 Å². The Kier molecular flexibility index (Phi) is 8.10. The Hall–Kier alpha value is -2.67. The number of benzene rings is 2. The van der Waals surface area contributed by atoms with E-state index in [4.69, 9.17) is 9.47 Å². The first-order chi connectivity index (χ1) is 16.4. The summed E-state index contributed by atoms with van der Waals surface area (Å²) in [5.74, 6) is -0.244. The highest BCUT2D eigenvalue weighted by molar-refractivity contribution is 7.89. The molecule has 1 atom stereocenters. The molecule has 0 unspecified atom stereocenters. The molecule has 1 N–H and O–H groups in total. The van der Waals surface area contributed by atoms with Crippen LogP contribution in [0.4, 0.5) is 5.69 Å². The molecule has 192 valence electrons. The van der Waals surface area contributed by atoms with Crippen molar-refractivity contribution in [2.24, 2.45) is 5.92 Å². The van der Waals surface area contributed by atoms with Crippen LogP contribution in [0.5, 0.6) is 11.5 Å². The predicted octanol–water partition coefficient (Wildman–Crippen LogP) is 2.30. The molecule has 1 heterocycles. The van der Waals surface area contributed by atoms with Crippen molar-refractivity contribution in [3.8, 4) is 11.5 Å². The predicted molar refractivity (Wildman–Crippen MR) is 132 cm³/mol. The summed E-state index contributed by atoms with van der Waals surface area (Å²) in [6.45, 7) is 2.06. The van der Waals surface area contributed by atoms with Crippen LogP contribution in [0.2, 0.25) is 0 Å². The summed E-state index contributed by atoms with van der Waals surface area (Å²) < 4.78 is 64.3. The van der Waals surface area contributed by atoms with Gasteiger partial charge in [0.2, 0.25) is 26.0 Å². The third-order valence-corrected chi connectivity index (χ3v) is 9.67. The minimum absolute atomic E-state index is 0.0112. The van der Waals surface area contributed by atoms with Crippen LogP contribution in [0.15, 0.2) is 46.2 Å². The molecule has 1 aliphatic heterocycles. The fourth-order valence-corrected chi connectivity index (χ4v) is 6.31. The molecular weight excluding hydrogens is 494 g/mol. The quantitative estimate of drug-likeness (QED) is 0.561. The van der Waals surface area contributed by atoms with Crippen molar-refractivity contribution >= 4 is 31.6 Å². The van der Waals surface area contributed by atoms with Crippen LogP contribution >= 0.6 is 0 Å². The molecule has 12 heteroatoms. The fourth-order valence-electron chi connectivity index (χ4n) is 3.84. The lowest BCUT2D eigenvalue weighted by molar-refractivity contribution is -0.120. The lowest BCUT2D eigenvalue weighted by Gasteiger charge is -2.31. The van der Waals surface area contributed by atoms with Crippen LogP contribution in [-0.4, -0.2) is 72.8 Å². The van der Waals surface area contributed by atoms with Gasteiger partial charge in [0.05, 0.1) is 29.9 Å². The molecule has 35 heavy (non-hydrogen) atoms. The second-order valence-corrected chi connectivity index (χ2v) is 12.6. The van der Waals surface area contributed by atoms with Gasteiger partial charge in [-0.25, -0.2) is 21.1 Å². The lowest BCUT2D eigenvalue weighted by atomic mass is 9.98. The zero-order chi connectivity index (χ0) is 26.0. The monoisotopic (exact) mass is 525 g/mol. The highest BCUT2D eigenvalue weighted by atomic mass is 32.2. The Balaban J connectivity index is 1.80. The van der Waals surface area contributed by atoms with Crippen LogP contribution in [-0.2, 0) is 24.8 Å². The minimum Gasteiger partial charge on any atom is -0.493 e. The van der Waals surface area contributed by atoms with Crippen molar-refractivity contribution in [2.75, 3.05) is 46.7 Å². The number of methoxy groups -OCH3 is 2. The standard InChI is InChI=1S/C23H31N3O7S2/c1-16-8-9-18(34(28,29)25(2)3)13-20(16)24-23(27)17-7-6-12-26(15-17)35(30,31)19-10-11-21(32-4)22(14-19)33-5/h8-11,13-14,17H,6-7,12,15H2,1-5H3,(H,24,27)/t17-/m1/s1. The third-order valence-electron chi connectivity index (χ3n) is 5.99. The number of carbonyl (C=O) groups is 1. The molecule has 2 aromatic carbocycles. The van der Waals surface area contributed by atoms with Gasteiger partial charge in [0, 0.05) is 38.9 Å². The smallest absolute Gasteiger partial charge is 0.243 e. The van der Waals surface area contributed by atoms with Gasteiger partial charge in [0.1, 0.15) is 0 Å². The van der Waals surface area contributed by atoms with Crippen molar-refractivity contribution < 1.29 is 31.1 Å². The number of sulfonamides is 2. The summed E-state index contributed by atoms with van der Waals surface area (Å²) >= 11 is 0. The Bertz CT molecular complexity index is 1310. The number of piperidine rings is 1. The van der Waals surface area contributed by atoms with E-state index >= 15 is 0 Å². The van der Waals surface area contributed by atoms with E-state index in [1.54, 1.807) is 13.0 Å². The third kappa shape index (κ3) is 5.61. The van der Waals surface area contributed by atoms with E-state index in [-0.39, 0.29) is 28.8 Å². The summed E-state index contributed by atoms with van der Waals surface area (Å²) in [6.07, 6.45) is 1.02. The Morgan fingerprint density at radius 3 is 2.29 bits per heavy atom. The Morgan fingerprint density at radius 1 is 1.00 bits per heavy atom. The number of hydrogen-bond donors (Lipinski definition) is 1. The van der Waals surface area contributed by atoms with Crippen LogP contribution in [0.3, 0.4) is 0 Å². The normalized spacial score (nSPS) is 17.3. The van der Waals surface area contributed by atoms with Gasteiger partial charge in [-0.05, 0) is 49.6 Å². The zero-order valence-corrected chi connectivity index (χ0v) is 22.1. The Labute approximate surface area is 206 Å². The van der Waals surface area contributed by atoms with Gasteiger partial charge in [0.25, 0.3) is 0 Å². The molecule has 3 rings (SSSR count). The number of ether oxygens (including phenoxy) is 2. The minimum atomic E-state index is -3.87. The number of aryl methyl sites for hydroxylation is 1. The number of carbonyl (C=O) groups excluding carboxylic acids is 1. The van der Waals surface area contributed by atoms with Crippen LogP contribution in [0.1, 0.15) is 18.4 Å². The molecule has 0 spiro atoms. The summed E-state index contributed by atoms with van der Waals surface area (Å²) in [5.41, 5.74) is 1.07. The molecule has 0 radical (unpaired) electrons. The fraction of sp³-hybridized carbons (Fsp3) is 0.435. The van der Waals surface area contributed by atoms with Gasteiger partial charge in [-0.3, -0.25) is 4.79 Å². The summed E-state index contributed by atoms with van der Waals surface area (Å²) in [7, 11) is -1.78. The molecule has 0 aliphatic carbocycles. The molecule has 1 aliphatic rings. The molecule has 10 nitrogen and oxygen atoms in total. The lowest BCUT2D eigenvalue weighted by Crippen LogP contribution is -2.43. The maximum Gasteiger partial charge on any atom is 0.243 e. The summed E-state index contributed by atoms with van der Waals surface area (Å²) in [4.78, 5) is 13.2. The molecule has 1 saturated heterocycles. The van der Waals surface area contributed by atoms with E-state index < -0.39 is 26.0 Å². The highest BCUT2D eigenvalue weighted by Gasteiger charge is 2.34. The number of anilines is 1. The molecule has 1 fully saturated rings. The summed E-state index contributed by atoms with van der Waals surface area (Å²) in [6, 6.07) is 8.90. The van der Waals surface area contributed by atoms with Gasteiger partial charge in [0.15, 0.2) is 11.5 Å². The molecule has 0 saturated carbocycles. The first kappa shape index (κ1) is 26.9. The van der Waals surface area contributed by atoms with E-state index in [0.717, 1.165) is 4.31 Å². The van der Waals surface area contributed by atoms with Gasteiger partial charge in [-0.15, -0.1) is 0 Å². The number of nitrogens with one attached hydrogen (secondary N) is 1.